The van der Waals surface area contributed by atoms with Gasteiger partial charge in [0.2, 0.25) is 11.8 Å². The molecule has 122 valence electrons. The fourth-order valence-electron chi connectivity index (χ4n) is 2.07. The summed E-state index contributed by atoms with van der Waals surface area (Å²) in [5.41, 5.74) is 7.66. The second-order valence-electron chi connectivity index (χ2n) is 5.31. The van der Waals surface area contributed by atoms with Gasteiger partial charge in [0, 0.05) is 26.3 Å². The second-order valence-corrected chi connectivity index (χ2v) is 5.31. The van der Waals surface area contributed by atoms with E-state index in [9.17, 15) is 10.1 Å². The number of nitrogens with zero attached hydrogens (tertiary/aromatic N) is 4. The molecule has 0 spiro atoms. The van der Waals surface area contributed by atoms with Gasteiger partial charge in [-0.2, -0.15) is 4.98 Å². The van der Waals surface area contributed by atoms with Crippen LogP contribution in [0.25, 0.3) is 0 Å². The van der Waals surface area contributed by atoms with Crippen LogP contribution in [0.1, 0.15) is 12.0 Å². The van der Waals surface area contributed by atoms with Crippen molar-refractivity contribution in [2.24, 2.45) is 0 Å². The molecule has 1 aromatic carbocycles. The first-order chi connectivity index (χ1) is 11.0. The average Bonchev–Trinajstić information content (AvgIpc) is 2.51. The van der Waals surface area contributed by atoms with E-state index in [2.05, 4.69) is 44.5 Å². The van der Waals surface area contributed by atoms with E-state index >= 15 is 0 Å². The Hall–Kier alpha value is -2.90. The molecule has 0 aliphatic carbocycles. The van der Waals surface area contributed by atoms with Crippen LogP contribution in [0.15, 0.2) is 30.5 Å². The Morgan fingerprint density at radius 3 is 2.57 bits per heavy atom. The number of rotatable bonds is 7. The minimum Gasteiger partial charge on any atom is -0.378 e. The van der Waals surface area contributed by atoms with Gasteiger partial charge in [-0.1, -0.05) is 12.1 Å². The van der Waals surface area contributed by atoms with E-state index < -0.39 is 4.92 Å². The Kier molecular flexibility index (Phi) is 5.29. The molecule has 0 atom stereocenters. The molecule has 0 aliphatic rings. The van der Waals surface area contributed by atoms with Crippen LogP contribution in [0.4, 0.5) is 23.1 Å². The molecule has 8 heteroatoms. The summed E-state index contributed by atoms with van der Waals surface area (Å²) in [5.74, 6) is 0.169. The molecule has 0 saturated heterocycles. The highest BCUT2D eigenvalue weighted by molar-refractivity contribution is 5.53. The van der Waals surface area contributed by atoms with E-state index in [-0.39, 0.29) is 11.5 Å². The topological polar surface area (TPSA) is 110 Å². The Labute approximate surface area is 134 Å². The van der Waals surface area contributed by atoms with Crippen LogP contribution in [0.3, 0.4) is 0 Å². The van der Waals surface area contributed by atoms with E-state index in [1.54, 1.807) is 0 Å². The third-order valence-electron chi connectivity index (χ3n) is 3.37. The number of hydrogen-bond donors (Lipinski definition) is 2. The lowest BCUT2D eigenvalue weighted by atomic mass is 10.1. The number of nitro groups is 1. The maximum Gasteiger partial charge on any atom is 0.329 e. The molecule has 0 aliphatic heterocycles. The summed E-state index contributed by atoms with van der Waals surface area (Å²) < 4.78 is 0. The molecule has 0 unspecified atom stereocenters. The molecule has 3 N–H and O–H groups in total. The fraction of sp³-hybridized carbons (Fsp3) is 0.333. The SMILES string of the molecule is CN(C)c1ccc(CCCNc2ncc([N+](=O)[O-])c(N)n2)cc1. The number of nitrogens with two attached hydrogens (primary N) is 1. The van der Waals surface area contributed by atoms with E-state index in [1.807, 2.05) is 14.1 Å². The van der Waals surface area contributed by atoms with E-state index in [1.165, 1.54) is 11.3 Å². The first-order valence-corrected chi connectivity index (χ1v) is 7.24. The largest absolute Gasteiger partial charge is 0.378 e. The predicted octanol–water partition coefficient (Wildman–Crippen LogP) is 2.08. The summed E-state index contributed by atoms with van der Waals surface area (Å²) in [6, 6.07) is 8.39. The van der Waals surface area contributed by atoms with Crippen molar-refractivity contribution in [1.82, 2.24) is 9.97 Å². The zero-order valence-electron chi connectivity index (χ0n) is 13.2. The Bertz CT molecular complexity index is 672. The summed E-state index contributed by atoms with van der Waals surface area (Å²) in [4.78, 5) is 19.9. The highest BCUT2D eigenvalue weighted by atomic mass is 16.6. The van der Waals surface area contributed by atoms with Gasteiger partial charge < -0.3 is 16.0 Å². The van der Waals surface area contributed by atoms with Crippen LogP contribution >= 0.6 is 0 Å². The molecule has 0 fully saturated rings. The predicted molar refractivity (Wildman–Crippen MR) is 90.7 cm³/mol. The second kappa shape index (κ2) is 7.39. The molecule has 8 nitrogen and oxygen atoms in total. The number of hydrogen-bond acceptors (Lipinski definition) is 7. The molecule has 0 saturated carbocycles. The average molecular weight is 316 g/mol. The maximum atomic E-state index is 10.6. The van der Waals surface area contributed by atoms with Crippen LogP contribution in [-0.2, 0) is 6.42 Å². The third-order valence-corrected chi connectivity index (χ3v) is 3.37. The van der Waals surface area contributed by atoms with Gasteiger partial charge in [0.25, 0.3) is 0 Å². The van der Waals surface area contributed by atoms with Crippen LogP contribution in [-0.4, -0.2) is 35.5 Å². The Morgan fingerprint density at radius 2 is 2.00 bits per heavy atom. The van der Waals surface area contributed by atoms with Gasteiger partial charge in [-0.3, -0.25) is 10.1 Å². The first kappa shape index (κ1) is 16.5. The summed E-state index contributed by atoms with van der Waals surface area (Å²) in [5, 5.41) is 13.7. The van der Waals surface area contributed by atoms with Crippen LogP contribution in [0.5, 0.6) is 0 Å². The minimum atomic E-state index is -0.601. The Balaban J connectivity index is 1.81. The standard InChI is InChI=1S/C15H20N6O2/c1-20(2)12-7-5-11(6-8-12)4-3-9-17-15-18-10-13(21(22)23)14(16)19-15/h5-8,10H,3-4,9H2,1-2H3,(H3,16,17,18,19). The van der Waals surface area contributed by atoms with Crippen molar-refractivity contribution in [2.75, 3.05) is 36.6 Å². The molecule has 2 aromatic rings. The normalized spacial score (nSPS) is 10.3. The number of anilines is 3. The van der Waals surface area contributed by atoms with Crippen LogP contribution < -0.4 is 16.0 Å². The zero-order chi connectivity index (χ0) is 16.8. The van der Waals surface area contributed by atoms with Gasteiger partial charge in [0.15, 0.2) is 0 Å². The van der Waals surface area contributed by atoms with Gasteiger partial charge >= 0.3 is 5.69 Å². The summed E-state index contributed by atoms with van der Waals surface area (Å²) in [7, 11) is 4.02. The van der Waals surface area contributed by atoms with E-state index in [0.717, 1.165) is 19.0 Å². The lowest BCUT2D eigenvalue weighted by molar-refractivity contribution is -0.384. The highest BCUT2D eigenvalue weighted by Crippen LogP contribution is 2.18. The first-order valence-electron chi connectivity index (χ1n) is 7.24. The molecule has 2 rings (SSSR count). The van der Waals surface area contributed by atoms with E-state index in [4.69, 9.17) is 5.73 Å². The summed E-state index contributed by atoms with van der Waals surface area (Å²) in [6.07, 6.45) is 2.93. The quantitative estimate of drug-likeness (QED) is 0.457. The molecule has 1 aromatic heterocycles. The smallest absolute Gasteiger partial charge is 0.329 e. The molecule has 0 radical (unpaired) electrons. The lowest BCUT2D eigenvalue weighted by Gasteiger charge is -2.12. The van der Waals surface area contributed by atoms with Gasteiger partial charge in [0.05, 0.1) is 4.92 Å². The number of aromatic nitrogens is 2. The summed E-state index contributed by atoms with van der Waals surface area (Å²) in [6.45, 7) is 0.659. The van der Waals surface area contributed by atoms with Gasteiger partial charge in [0.1, 0.15) is 6.20 Å². The van der Waals surface area contributed by atoms with Crippen molar-refractivity contribution < 1.29 is 4.92 Å². The summed E-state index contributed by atoms with van der Waals surface area (Å²) >= 11 is 0. The molecule has 23 heavy (non-hydrogen) atoms. The lowest BCUT2D eigenvalue weighted by Crippen LogP contribution is -2.09. The van der Waals surface area contributed by atoms with Gasteiger partial charge in [-0.15, -0.1) is 0 Å². The van der Waals surface area contributed by atoms with Crippen LogP contribution in [0, 0.1) is 10.1 Å². The minimum absolute atomic E-state index is 0.133. The molecule has 1 heterocycles. The van der Waals surface area contributed by atoms with Crippen molar-refractivity contribution in [3.63, 3.8) is 0 Å². The molecular weight excluding hydrogens is 296 g/mol. The van der Waals surface area contributed by atoms with E-state index in [0.29, 0.717) is 12.5 Å². The number of nitrogens with one attached hydrogen (secondary N) is 1. The number of nitrogen functional groups attached to an aromatic ring is 1. The van der Waals surface area contributed by atoms with Crippen molar-refractivity contribution >= 4 is 23.1 Å². The highest BCUT2D eigenvalue weighted by Gasteiger charge is 2.13. The number of aryl methyl sites for hydroxylation is 1. The van der Waals surface area contributed by atoms with Crippen molar-refractivity contribution in [3.8, 4) is 0 Å². The zero-order valence-corrected chi connectivity index (χ0v) is 13.2. The van der Waals surface area contributed by atoms with Crippen molar-refractivity contribution in [3.05, 3.63) is 46.1 Å². The van der Waals surface area contributed by atoms with Crippen molar-refractivity contribution in [2.45, 2.75) is 12.8 Å². The number of benzene rings is 1. The monoisotopic (exact) mass is 316 g/mol. The fourth-order valence-corrected chi connectivity index (χ4v) is 2.07. The van der Waals surface area contributed by atoms with Gasteiger partial charge in [-0.05, 0) is 30.5 Å². The van der Waals surface area contributed by atoms with Crippen molar-refractivity contribution in [1.29, 1.82) is 0 Å². The third kappa shape index (κ3) is 4.53. The molecule has 0 amide bonds. The molecular formula is C15H20N6O2. The maximum absolute atomic E-state index is 10.6. The Morgan fingerprint density at radius 1 is 1.30 bits per heavy atom. The van der Waals surface area contributed by atoms with Crippen LogP contribution in [0.2, 0.25) is 0 Å². The molecule has 0 bridgehead atoms. The van der Waals surface area contributed by atoms with Gasteiger partial charge in [-0.25, -0.2) is 4.98 Å².